The van der Waals surface area contributed by atoms with Crippen LogP contribution in [-0.4, -0.2) is 96.7 Å². The van der Waals surface area contributed by atoms with Gasteiger partial charge in [0.2, 0.25) is 0 Å². The van der Waals surface area contributed by atoms with Crippen molar-refractivity contribution in [1.82, 2.24) is 0 Å². The molecule has 516 valence electrons. The van der Waals surface area contributed by atoms with Crippen molar-refractivity contribution < 1.29 is 80.2 Å². The van der Waals surface area contributed by atoms with Gasteiger partial charge in [-0.2, -0.15) is 0 Å². The summed E-state index contributed by atoms with van der Waals surface area (Å²) in [7, 11) is -9.89. The Bertz CT molecular complexity index is 1670. The predicted molar refractivity (Wildman–Crippen MR) is 349 cm³/mol. The maximum Gasteiger partial charge on any atom is 0.472 e. The van der Waals surface area contributed by atoms with E-state index in [2.05, 4.69) is 27.7 Å². The zero-order chi connectivity index (χ0) is 64.0. The molecule has 3 N–H and O–H groups in total. The number of aliphatic hydroxyl groups excluding tert-OH is 1. The summed E-state index contributed by atoms with van der Waals surface area (Å²) < 4.78 is 68.2. The highest BCUT2D eigenvalue weighted by Gasteiger charge is 2.30. The van der Waals surface area contributed by atoms with Gasteiger partial charge in [-0.05, 0) is 25.7 Å². The Labute approximate surface area is 530 Å². The quantitative estimate of drug-likeness (QED) is 0.0222. The lowest BCUT2D eigenvalue weighted by molar-refractivity contribution is -0.161. The minimum Gasteiger partial charge on any atom is -0.462 e. The number of carbonyl (C=O) groups is 4. The number of unbranched alkanes of at least 4 members (excludes halogenated alkanes) is 43. The molecule has 17 nitrogen and oxygen atoms in total. The molecule has 0 aliphatic rings. The highest BCUT2D eigenvalue weighted by molar-refractivity contribution is 7.47. The number of esters is 4. The van der Waals surface area contributed by atoms with Crippen LogP contribution in [0.3, 0.4) is 0 Å². The highest BCUT2D eigenvalue weighted by Crippen LogP contribution is 2.45. The fourth-order valence-electron chi connectivity index (χ4n) is 10.3. The van der Waals surface area contributed by atoms with Gasteiger partial charge in [-0.15, -0.1) is 0 Å². The molecular weight excluding hydrogens is 1150 g/mol. The number of aliphatic hydroxyl groups is 1. The van der Waals surface area contributed by atoms with Crippen LogP contribution in [0.2, 0.25) is 0 Å². The van der Waals surface area contributed by atoms with Gasteiger partial charge in [-0.25, -0.2) is 9.13 Å². The lowest BCUT2D eigenvalue weighted by Gasteiger charge is -2.21. The summed E-state index contributed by atoms with van der Waals surface area (Å²) in [5, 5.41) is 10.6. The second-order valence-corrected chi connectivity index (χ2v) is 27.5. The standard InChI is InChI=1S/C68H132O17P2/c1-5-9-13-17-21-25-29-31-34-37-41-45-49-53-66(71)79-59-64(85-68(73)55-51-47-43-39-35-32-30-26-22-18-14-10-6-2)61-83-87(76,77)81-57-62(69)56-80-86(74,75)82-60-63(58-78-65(70)52-48-44-40-36-28-24-20-16-12-8-4)84-67(72)54-50-46-42-38-33-27-23-19-15-11-7-3/h62-64,69H,5-61H2,1-4H3,(H,74,75)(H,76,77)/t62-,63+,64+/m0/s1. The average Bonchev–Trinajstić information content (AvgIpc) is 3.51. The minimum absolute atomic E-state index is 0.107. The molecule has 0 aliphatic heterocycles. The molecule has 0 saturated heterocycles. The molecule has 0 saturated carbocycles. The van der Waals surface area contributed by atoms with Gasteiger partial charge in [-0.3, -0.25) is 37.3 Å². The fourth-order valence-corrected chi connectivity index (χ4v) is 11.9. The third-order valence-electron chi connectivity index (χ3n) is 15.9. The largest absolute Gasteiger partial charge is 0.472 e. The highest BCUT2D eigenvalue weighted by atomic mass is 31.2. The fraction of sp³-hybridized carbons (Fsp3) is 0.941. The third-order valence-corrected chi connectivity index (χ3v) is 17.8. The van der Waals surface area contributed by atoms with Crippen LogP contribution in [0.25, 0.3) is 0 Å². The second kappa shape index (κ2) is 62.8. The van der Waals surface area contributed by atoms with E-state index in [9.17, 15) is 43.2 Å². The lowest BCUT2D eigenvalue weighted by atomic mass is 10.0. The van der Waals surface area contributed by atoms with E-state index in [1.54, 1.807) is 0 Å². The molecule has 0 aromatic rings. The van der Waals surface area contributed by atoms with E-state index in [0.717, 1.165) is 89.9 Å². The predicted octanol–water partition coefficient (Wildman–Crippen LogP) is 19.5. The van der Waals surface area contributed by atoms with Gasteiger partial charge in [0.05, 0.1) is 26.4 Å². The van der Waals surface area contributed by atoms with Crippen molar-refractivity contribution >= 4 is 39.5 Å². The molecule has 2 unspecified atom stereocenters. The smallest absolute Gasteiger partial charge is 0.462 e. The summed E-state index contributed by atoms with van der Waals surface area (Å²) in [6, 6.07) is 0. The molecule has 87 heavy (non-hydrogen) atoms. The van der Waals surface area contributed by atoms with E-state index < -0.39 is 97.5 Å². The Morgan fingerprint density at radius 1 is 0.276 bits per heavy atom. The van der Waals surface area contributed by atoms with Crippen LogP contribution in [0, 0.1) is 0 Å². The van der Waals surface area contributed by atoms with Gasteiger partial charge in [0, 0.05) is 25.7 Å². The van der Waals surface area contributed by atoms with Crippen LogP contribution < -0.4 is 0 Å². The second-order valence-electron chi connectivity index (χ2n) is 24.6. The number of hydrogen-bond donors (Lipinski definition) is 3. The first-order chi connectivity index (χ1) is 42.2. The molecule has 19 heteroatoms. The summed E-state index contributed by atoms with van der Waals surface area (Å²) >= 11 is 0. The molecule has 0 radical (unpaired) electrons. The number of rotatable bonds is 69. The van der Waals surface area contributed by atoms with E-state index in [0.29, 0.717) is 25.7 Å². The van der Waals surface area contributed by atoms with Gasteiger partial charge in [-0.1, -0.05) is 304 Å². The maximum atomic E-state index is 13.0. The number of ether oxygens (including phenoxy) is 4. The first-order valence-corrected chi connectivity index (χ1v) is 38.8. The van der Waals surface area contributed by atoms with Crippen LogP contribution in [0.15, 0.2) is 0 Å². The van der Waals surface area contributed by atoms with E-state index in [4.69, 9.17) is 37.0 Å². The van der Waals surface area contributed by atoms with Crippen LogP contribution in [0.1, 0.15) is 355 Å². The SMILES string of the molecule is CCCCCCCCCCCCCCCC(=O)OC[C@H](COP(=O)(O)OC[C@@H](O)COP(=O)(O)OC[C@@H](COC(=O)CCCCCCCCCCCC)OC(=O)CCCCCCCCCCCCC)OC(=O)CCCCCCCCCCCCCCC. The topological polar surface area (TPSA) is 237 Å². The van der Waals surface area contributed by atoms with E-state index >= 15 is 0 Å². The van der Waals surface area contributed by atoms with E-state index in [1.165, 1.54) is 186 Å². The van der Waals surface area contributed by atoms with Gasteiger partial charge >= 0.3 is 39.5 Å². The average molecular weight is 1280 g/mol. The molecule has 0 aliphatic carbocycles. The molecule has 0 aromatic heterocycles. The molecule has 0 rings (SSSR count). The van der Waals surface area contributed by atoms with Crippen LogP contribution >= 0.6 is 15.6 Å². The maximum absolute atomic E-state index is 13.0. The number of carbonyl (C=O) groups excluding carboxylic acids is 4. The molecular formula is C68H132O17P2. The summed E-state index contributed by atoms with van der Waals surface area (Å²) in [5.41, 5.74) is 0. The monoisotopic (exact) mass is 1280 g/mol. The summed E-state index contributed by atoms with van der Waals surface area (Å²) in [4.78, 5) is 72.4. The zero-order valence-corrected chi connectivity index (χ0v) is 57.8. The van der Waals surface area contributed by atoms with Crippen molar-refractivity contribution in [2.24, 2.45) is 0 Å². The van der Waals surface area contributed by atoms with Gasteiger partial charge < -0.3 is 33.8 Å². The van der Waals surface area contributed by atoms with Crippen molar-refractivity contribution in [2.45, 2.75) is 373 Å². The molecule has 0 spiro atoms. The zero-order valence-electron chi connectivity index (χ0n) is 56.0. The molecule has 0 fully saturated rings. The van der Waals surface area contributed by atoms with Crippen LogP contribution in [0.4, 0.5) is 0 Å². The van der Waals surface area contributed by atoms with Crippen molar-refractivity contribution in [3.05, 3.63) is 0 Å². The molecule has 0 bridgehead atoms. The molecule has 0 amide bonds. The van der Waals surface area contributed by atoms with Crippen molar-refractivity contribution in [1.29, 1.82) is 0 Å². The molecule has 0 aromatic carbocycles. The van der Waals surface area contributed by atoms with Gasteiger partial charge in [0.15, 0.2) is 12.2 Å². The first-order valence-electron chi connectivity index (χ1n) is 35.8. The first kappa shape index (κ1) is 85.1. The Balaban J connectivity index is 5.24. The summed E-state index contributed by atoms with van der Waals surface area (Å²) in [6.07, 6.45) is 49.7. The normalized spacial score (nSPS) is 14.1. The van der Waals surface area contributed by atoms with Gasteiger partial charge in [0.1, 0.15) is 19.3 Å². The van der Waals surface area contributed by atoms with Crippen LogP contribution in [-0.2, 0) is 65.4 Å². The van der Waals surface area contributed by atoms with Gasteiger partial charge in [0.25, 0.3) is 0 Å². The Morgan fingerprint density at radius 2 is 0.460 bits per heavy atom. The Hall–Kier alpha value is -1.94. The third kappa shape index (κ3) is 62.6. The number of phosphoric ester groups is 2. The summed E-state index contributed by atoms with van der Waals surface area (Å²) in [6.45, 7) is 4.93. The Kier molecular flexibility index (Phi) is 61.4. The number of hydrogen-bond acceptors (Lipinski definition) is 15. The van der Waals surface area contributed by atoms with E-state index in [1.807, 2.05) is 0 Å². The Morgan fingerprint density at radius 3 is 0.678 bits per heavy atom. The number of phosphoric acid groups is 2. The van der Waals surface area contributed by atoms with Crippen molar-refractivity contribution in [3.63, 3.8) is 0 Å². The van der Waals surface area contributed by atoms with E-state index in [-0.39, 0.29) is 25.7 Å². The molecule has 0 heterocycles. The molecule has 5 atom stereocenters. The lowest BCUT2D eigenvalue weighted by Crippen LogP contribution is -2.30. The summed E-state index contributed by atoms with van der Waals surface area (Å²) in [5.74, 6) is -2.12. The van der Waals surface area contributed by atoms with Crippen LogP contribution in [0.5, 0.6) is 0 Å². The van der Waals surface area contributed by atoms with Crippen molar-refractivity contribution in [2.75, 3.05) is 39.6 Å². The van der Waals surface area contributed by atoms with Crippen molar-refractivity contribution in [3.8, 4) is 0 Å². The minimum atomic E-state index is -4.95.